The summed E-state index contributed by atoms with van der Waals surface area (Å²) in [5.74, 6) is 0. The first-order valence-electron chi connectivity index (χ1n) is 6.05. The van der Waals surface area contributed by atoms with Gasteiger partial charge in [-0.05, 0) is 39.2 Å². The van der Waals surface area contributed by atoms with E-state index in [4.69, 9.17) is 5.73 Å². The number of nitrogens with two attached hydrogens (primary N) is 1. The van der Waals surface area contributed by atoms with E-state index in [-0.39, 0.29) is 11.4 Å². The molecule has 0 unspecified atom stereocenters. The molecule has 2 rings (SSSR count). The Morgan fingerprint density at radius 1 is 1.00 bits per heavy atom. The van der Waals surface area contributed by atoms with Gasteiger partial charge in [0.05, 0.1) is 4.90 Å². The fraction of sp³-hybridized carbons (Fsp3) is 0.143. The van der Waals surface area contributed by atoms with E-state index >= 15 is 0 Å². The lowest BCUT2D eigenvalue weighted by Gasteiger charge is -2.08. The number of hydrogen-bond donors (Lipinski definition) is 2. The van der Waals surface area contributed by atoms with Crippen LogP contribution in [-0.2, 0) is 23.1 Å². The minimum absolute atomic E-state index is 0.235. The fourth-order valence-corrected chi connectivity index (χ4v) is 3.73. The standard InChI is InChI=1S/C14H15BrN2O2S/c15-13-3-1-2-4-14(13)20(18,19)17-10-12-7-5-11(9-16)6-8-12/h1-8,17H,9-10,16H2. The highest BCUT2D eigenvalue weighted by atomic mass is 79.9. The lowest BCUT2D eigenvalue weighted by Crippen LogP contribution is -2.23. The monoisotopic (exact) mass is 354 g/mol. The van der Waals surface area contributed by atoms with Crippen molar-refractivity contribution in [1.82, 2.24) is 4.72 Å². The van der Waals surface area contributed by atoms with Gasteiger partial charge in [-0.1, -0.05) is 36.4 Å². The van der Waals surface area contributed by atoms with E-state index in [1.165, 1.54) is 0 Å². The Bertz CT molecular complexity index is 685. The van der Waals surface area contributed by atoms with Crippen LogP contribution in [0.5, 0.6) is 0 Å². The quantitative estimate of drug-likeness (QED) is 0.865. The molecule has 0 saturated carbocycles. The van der Waals surface area contributed by atoms with Crippen LogP contribution in [0.1, 0.15) is 11.1 Å². The van der Waals surface area contributed by atoms with Crippen LogP contribution in [0.25, 0.3) is 0 Å². The molecule has 3 N–H and O–H groups in total. The van der Waals surface area contributed by atoms with Gasteiger partial charge in [0.15, 0.2) is 0 Å². The minimum atomic E-state index is -3.53. The number of nitrogens with one attached hydrogen (secondary N) is 1. The molecule has 0 aliphatic heterocycles. The predicted molar refractivity (Wildman–Crippen MR) is 82.5 cm³/mol. The lowest BCUT2D eigenvalue weighted by molar-refractivity contribution is 0.581. The molecule has 0 aliphatic rings. The van der Waals surface area contributed by atoms with Gasteiger partial charge in [0, 0.05) is 17.6 Å². The minimum Gasteiger partial charge on any atom is -0.326 e. The third kappa shape index (κ3) is 3.67. The number of hydrogen-bond acceptors (Lipinski definition) is 3. The molecule has 0 saturated heterocycles. The zero-order chi connectivity index (χ0) is 14.6. The van der Waals surface area contributed by atoms with E-state index in [9.17, 15) is 8.42 Å². The van der Waals surface area contributed by atoms with E-state index in [2.05, 4.69) is 20.7 Å². The predicted octanol–water partition coefficient (Wildman–Crippen LogP) is 2.39. The summed E-state index contributed by atoms with van der Waals surface area (Å²) < 4.78 is 27.5. The third-order valence-electron chi connectivity index (χ3n) is 2.85. The number of benzene rings is 2. The van der Waals surface area contributed by atoms with E-state index in [0.29, 0.717) is 11.0 Å². The van der Waals surface area contributed by atoms with Crippen molar-refractivity contribution in [3.8, 4) is 0 Å². The fourth-order valence-electron chi connectivity index (χ4n) is 1.71. The van der Waals surface area contributed by atoms with Crippen molar-refractivity contribution in [2.24, 2.45) is 5.73 Å². The molecule has 2 aromatic carbocycles. The average Bonchev–Trinajstić information content (AvgIpc) is 2.46. The maximum atomic E-state index is 12.2. The normalized spacial score (nSPS) is 11.5. The zero-order valence-corrected chi connectivity index (χ0v) is 13.1. The summed E-state index contributed by atoms with van der Waals surface area (Å²) in [5.41, 5.74) is 7.42. The molecule has 2 aromatic rings. The molecule has 0 fully saturated rings. The van der Waals surface area contributed by atoms with E-state index in [1.54, 1.807) is 24.3 Å². The molecule has 6 heteroatoms. The second-order valence-electron chi connectivity index (χ2n) is 4.28. The van der Waals surface area contributed by atoms with Crippen LogP contribution in [0.4, 0.5) is 0 Å². The molecule has 106 valence electrons. The maximum Gasteiger partial charge on any atom is 0.241 e. The number of rotatable bonds is 5. The summed E-state index contributed by atoms with van der Waals surface area (Å²) in [6.45, 7) is 0.720. The smallest absolute Gasteiger partial charge is 0.241 e. The zero-order valence-electron chi connectivity index (χ0n) is 10.7. The molecule has 0 spiro atoms. The Morgan fingerprint density at radius 3 is 2.20 bits per heavy atom. The number of sulfonamides is 1. The molecule has 0 radical (unpaired) electrons. The lowest BCUT2D eigenvalue weighted by atomic mass is 10.1. The largest absolute Gasteiger partial charge is 0.326 e. The molecule has 20 heavy (non-hydrogen) atoms. The van der Waals surface area contributed by atoms with Crippen LogP contribution in [0.2, 0.25) is 0 Å². The van der Waals surface area contributed by atoms with Crippen LogP contribution in [0, 0.1) is 0 Å². The van der Waals surface area contributed by atoms with Crippen molar-refractivity contribution in [2.75, 3.05) is 0 Å². The first-order chi connectivity index (χ1) is 9.53. The third-order valence-corrected chi connectivity index (χ3v) is 5.26. The van der Waals surface area contributed by atoms with Crippen molar-refractivity contribution < 1.29 is 8.42 Å². The summed E-state index contributed by atoms with van der Waals surface area (Å²) in [5, 5.41) is 0. The Balaban J connectivity index is 2.11. The van der Waals surface area contributed by atoms with Crippen LogP contribution >= 0.6 is 15.9 Å². The Kier molecular flexibility index (Phi) is 4.93. The second-order valence-corrected chi connectivity index (χ2v) is 6.87. The van der Waals surface area contributed by atoms with Crippen LogP contribution in [-0.4, -0.2) is 8.42 Å². The van der Waals surface area contributed by atoms with Gasteiger partial charge in [-0.3, -0.25) is 0 Å². The van der Waals surface area contributed by atoms with Gasteiger partial charge < -0.3 is 5.73 Å². The molecule has 0 atom stereocenters. The van der Waals surface area contributed by atoms with Crippen molar-refractivity contribution in [2.45, 2.75) is 18.0 Å². The van der Waals surface area contributed by atoms with E-state index in [1.807, 2.05) is 24.3 Å². The topological polar surface area (TPSA) is 72.2 Å². The highest BCUT2D eigenvalue weighted by Crippen LogP contribution is 2.21. The van der Waals surface area contributed by atoms with Crippen molar-refractivity contribution >= 4 is 26.0 Å². The summed E-state index contributed by atoms with van der Waals surface area (Å²) in [6, 6.07) is 14.2. The Labute approximate surface area is 127 Å². The molecule has 0 aromatic heterocycles. The van der Waals surface area contributed by atoms with Gasteiger partial charge in [-0.25, -0.2) is 13.1 Å². The van der Waals surface area contributed by atoms with Gasteiger partial charge in [0.25, 0.3) is 0 Å². The SMILES string of the molecule is NCc1ccc(CNS(=O)(=O)c2ccccc2Br)cc1. The average molecular weight is 355 g/mol. The van der Waals surface area contributed by atoms with Gasteiger partial charge in [0.1, 0.15) is 0 Å². The molecule has 0 aliphatic carbocycles. The first-order valence-corrected chi connectivity index (χ1v) is 8.32. The van der Waals surface area contributed by atoms with Gasteiger partial charge in [0.2, 0.25) is 10.0 Å². The van der Waals surface area contributed by atoms with E-state index in [0.717, 1.165) is 11.1 Å². The molecule has 0 amide bonds. The second kappa shape index (κ2) is 6.49. The maximum absolute atomic E-state index is 12.2. The summed E-state index contributed by atoms with van der Waals surface area (Å²) >= 11 is 3.24. The summed E-state index contributed by atoms with van der Waals surface area (Å²) in [4.78, 5) is 0.235. The highest BCUT2D eigenvalue weighted by molar-refractivity contribution is 9.10. The van der Waals surface area contributed by atoms with Crippen LogP contribution < -0.4 is 10.5 Å². The molecular weight excluding hydrogens is 340 g/mol. The van der Waals surface area contributed by atoms with Gasteiger partial charge >= 0.3 is 0 Å². The molecule has 0 bridgehead atoms. The van der Waals surface area contributed by atoms with Crippen LogP contribution in [0.15, 0.2) is 57.9 Å². The van der Waals surface area contributed by atoms with Gasteiger partial charge in [-0.15, -0.1) is 0 Å². The van der Waals surface area contributed by atoms with Crippen LogP contribution in [0.3, 0.4) is 0 Å². The van der Waals surface area contributed by atoms with Crippen molar-refractivity contribution in [3.05, 3.63) is 64.1 Å². The molecule has 0 heterocycles. The summed E-state index contributed by atoms with van der Waals surface area (Å²) in [6.07, 6.45) is 0. The molecule has 4 nitrogen and oxygen atoms in total. The number of halogens is 1. The highest BCUT2D eigenvalue weighted by Gasteiger charge is 2.16. The van der Waals surface area contributed by atoms with Crippen molar-refractivity contribution in [1.29, 1.82) is 0 Å². The molecular formula is C14H15BrN2O2S. The Hall–Kier alpha value is -1.21. The Morgan fingerprint density at radius 2 is 1.60 bits per heavy atom. The van der Waals surface area contributed by atoms with Gasteiger partial charge in [-0.2, -0.15) is 0 Å². The van der Waals surface area contributed by atoms with Crippen molar-refractivity contribution in [3.63, 3.8) is 0 Å². The summed E-state index contributed by atoms with van der Waals surface area (Å²) in [7, 11) is -3.53. The van der Waals surface area contributed by atoms with E-state index < -0.39 is 10.0 Å². The first kappa shape index (κ1) is 15.2.